The molecule has 0 bridgehead atoms. The van der Waals surface area contributed by atoms with E-state index in [0.717, 1.165) is 28.0 Å². The minimum Gasteiger partial charge on any atom is -0.465 e. The summed E-state index contributed by atoms with van der Waals surface area (Å²) in [5.74, 6) is 4.73. The number of esters is 1. The van der Waals surface area contributed by atoms with Crippen molar-refractivity contribution in [2.75, 3.05) is 30.4 Å². The van der Waals surface area contributed by atoms with E-state index in [9.17, 15) is 14.4 Å². The van der Waals surface area contributed by atoms with Crippen molar-refractivity contribution in [2.24, 2.45) is 10.7 Å². The Hall–Kier alpha value is -4.83. The number of nitrogens with zero attached hydrogens (tertiary/aromatic N) is 2. The largest absolute Gasteiger partial charge is 0.465 e. The molecule has 0 fully saturated rings. The van der Waals surface area contributed by atoms with Crippen molar-refractivity contribution >= 4 is 68.8 Å². The number of carbonyl (C=O) groups excluding carboxylic acids is 3. The van der Waals surface area contributed by atoms with Crippen LogP contribution in [-0.2, 0) is 14.3 Å². The van der Waals surface area contributed by atoms with Crippen molar-refractivity contribution in [3.8, 4) is 11.8 Å². The summed E-state index contributed by atoms with van der Waals surface area (Å²) in [7, 11) is 1.27. The van der Waals surface area contributed by atoms with Gasteiger partial charge in [0.05, 0.1) is 24.8 Å². The summed E-state index contributed by atoms with van der Waals surface area (Å²) in [6.07, 6.45) is 1.13. The predicted octanol–water partition coefficient (Wildman–Crippen LogP) is 5.43. The number of fused-ring (bicyclic) bond motifs is 1. The first-order valence-electron chi connectivity index (χ1n) is 15.3. The SMILES string of the molecule is COC(=O)c1cc(NC(=O)CCNC(=O)C[C@@H]2N=C(c3ccc(Cl)cc3)c3c(sc(C)c3C)N(C(C)=N)C2=N)ccc1C#CCCCN. The summed E-state index contributed by atoms with van der Waals surface area (Å²) in [6, 6.07) is 11.1. The summed E-state index contributed by atoms with van der Waals surface area (Å²) >= 11 is 7.64. The van der Waals surface area contributed by atoms with E-state index in [1.807, 2.05) is 26.0 Å². The van der Waals surface area contributed by atoms with Gasteiger partial charge in [-0.3, -0.25) is 30.3 Å². The molecule has 0 saturated heterocycles. The quantitative estimate of drug-likeness (QED) is 0.0625. The molecule has 1 aliphatic heterocycles. The molecule has 13 heteroatoms. The number of nitrogens with one attached hydrogen (secondary N) is 4. The fraction of sp³-hybridized carbons (Fsp3) is 0.314. The van der Waals surface area contributed by atoms with Crippen molar-refractivity contribution in [3.05, 3.63) is 80.2 Å². The average molecular weight is 688 g/mol. The zero-order valence-corrected chi connectivity index (χ0v) is 28.8. The lowest BCUT2D eigenvalue weighted by molar-refractivity contribution is -0.121. The Morgan fingerprint density at radius 3 is 2.54 bits per heavy atom. The first kappa shape index (κ1) is 36.0. The number of anilines is 2. The number of methoxy groups -OCH3 is 1. The van der Waals surface area contributed by atoms with Gasteiger partial charge in [-0.15, -0.1) is 11.3 Å². The van der Waals surface area contributed by atoms with Crippen LogP contribution in [0.5, 0.6) is 0 Å². The zero-order valence-electron chi connectivity index (χ0n) is 27.3. The fourth-order valence-corrected chi connectivity index (χ4v) is 6.38. The number of thiophene rings is 1. The van der Waals surface area contributed by atoms with Gasteiger partial charge in [-0.1, -0.05) is 35.6 Å². The zero-order chi connectivity index (χ0) is 35.0. The molecular weight excluding hydrogens is 650 g/mol. The number of unbranched alkanes of at least 4 members (excludes halogenated alkanes) is 1. The lowest BCUT2D eigenvalue weighted by Crippen LogP contribution is -2.42. The van der Waals surface area contributed by atoms with Gasteiger partial charge in [0.2, 0.25) is 11.8 Å². The average Bonchev–Trinajstić information content (AvgIpc) is 3.27. The highest BCUT2D eigenvalue weighted by atomic mass is 35.5. The normalized spacial score (nSPS) is 13.8. The minimum atomic E-state index is -0.891. The molecule has 6 N–H and O–H groups in total. The highest BCUT2D eigenvalue weighted by Gasteiger charge is 2.34. The molecule has 3 aromatic rings. The van der Waals surface area contributed by atoms with E-state index in [4.69, 9.17) is 37.9 Å². The summed E-state index contributed by atoms with van der Waals surface area (Å²) in [5, 5.41) is 24.3. The van der Waals surface area contributed by atoms with Crippen molar-refractivity contribution in [1.29, 1.82) is 10.8 Å². The highest BCUT2D eigenvalue weighted by Crippen LogP contribution is 2.40. The van der Waals surface area contributed by atoms with Gasteiger partial charge in [0.25, 0.3) is 0 Å². The number of hydrogen-bond acceptors (Lipinski definition) is 9. The van der Waals surface area contributed by atoms with Crippen molar-refractivity contribution in [1.82, 2.24) is 5.32 Å². The van der Waals surface area contributed by atoms with Crippen LogP contribution in [0.2, 0.25) is 5.02 Å². The van der Waals surface area contributed by atoms with Gasteiger partial charge in [0, 0.05) is 51.7 Å². The van der Waals surface area contributed by atoms with E-state index in [2.05, 4.69) is 22.5 Å². The molecule has 0 unspecified atom stereocenters. The lowest BCUT2D eigenvalue weighted by atomic mass is 9.99. The van der Waals surface area contributed by atoms with Crippen LogP contribution in [0.15, 0.2) is 47.5 Å². The number of aliphatic imine (C=N–C) groups is 1. The van der Waals surface area contributed by atoms with Gasteiger partial charge >= 0.3 is 5.97 Å². The van der Waals surface area contributed by atoms with Crippen molar-refractivity contribution < 1.29 is 19.1 Å². The first-order chi connectivity index (χ1) is 22.9. The smallest absolute Gasteiger partial charge is 0.339 e. The lowest BCUT2D eigenvalue weighted by Gasteiger charge is -2.24. The van der Waals surface area contributed by atoms with Gasteiger partial charge in [0.1, 0.15) is 22.7 Å². The third kappa shape index (κ3) is 8.55. The van der Waals surface area contributed by atoms with E-state index in [-0.39, 0.29) is 42.5 Å². The minimum absolute atomic E-state index is 0.00998. The molecule has 1 atom stereocenters. The Labute approximate surface area is 288 Å². The number of rotatable bonds is 10. The number of benzene rings is 2. The number of halogens is 1. The summed E-state index contributed by atoms with van der Waals surface area (Å²) < 4.78 is 4.88. The van der Waals surface area contributed by atoms with Gasteiger partial charge in [-0.25, -0.2) is 4.79 Å². The van der Waals surface area contributed by atoms with Crippen molar-refractivity contribution in [3.63, 3.8) is 0 Å². The third-order valence-corrected chi connectivity index (χ3v) is 9.04. The molecule has 0 spiro atoms. The molecule has 0 saturated carbocycles. The highest BCUT2D eigenvalue weighted by molar-refractivity contribution is 7.17. The Morgan fingerprint density at radius 2 is 1.88 bits per heavy atom. The van der Waals surface area contributed by atoms with Crippen molar-refractivity contribution in [2.45, 2.75) is 52.5 Å². The number of amidine groups is 2. The van der Waals surface area contributed by atoms with E-state index in [1.54, 1.807) is 31.2 Å². The maximum Gasteiger partial charge on any atom is 0.339 e. The van der Waals surface area contributed by atoms with E-state index < -0.39 is 17.9 Å². The summed E-state index contributed by atoms with van der Waals surface area (Å²) in [4.78, 5) is 45.8. The maximum absolute atomic E-state index is 13.2. The van der Waals surface area contributed by atoms with Gasteiger partial charge in [-0.2, -0.15) is 0 Å². The van der Waals surface area contributed by atoms with Gasteiger partial charge in [-0.05, 0) is 69.6 Å². The molecule has 0 aliphatic carbocycles. The van der Waals surface area contributed by atoms with Crippen LogP contribution in [0.3, 0.4) is 0 Å². The van der Waals surface area contributed by atoms with E-state index >= 15 is 0 Å². The molecule has 2 heterocycles. The van der Waals surface area contributed by atoms with Gasteiger partial charge in [0.15, 0.2) is 0 Å². The second kappa shape index (κ2) is 16.3. The van der Waals surface area contributed by atoms with Crippen LogP contribution in [-0.4, -0.2) is 61.4 Å². The molecule has 2 amide bonds. The number of nitrogens with two attached hydrogens (primary N) is 1. The molecular formula is C35H38ClN7O4S. The van der Waals surface area contributed by atoms with Crippen LogP contribution in [0.4, 0.5) is 10.7 Å². The predicted molar refractivity (Wildman–Crippen MR) is 192 cm³/mol. The third-order valence-electron chi connectivity index (χ3n) is 7.59. The first-order valence-corrected chi connectivity index (χ1v) is 16.5. The molecule has 11 nitrogen and oxygen atoms in total. The van der Waals surface area contributed by atoms with E-state index in [1.165, 1.54) is 29.4 Å². The Morgan fingerprint density at radius 1 is 1.15 bits per heavy atom. The molecule has 2 aromatic carbocycles. The second-order valence-electron chi connectivity index (χ2n) is 11.1. The number of hydrogen-bond donors (Lipinski definition) is 5. The van der Waals surface area contributed by atoms with Crippen LogP contribution >= 0.6 is 22.9 Å². The molecule has 0 radical (unpaired) electrons. The fourth-order valence-electron chi connectivity index (χ4n) is 5.03. The van der Waals surface area contributed by atoms with Crippen LogP contribution < -0.4 is 21.3 Å². The number of aryl methyl sites for hydroxylation is 1. The number of amides is 2. The summed E-state index contributed by atoms with van der Waals surface area (Å²) in [6.45, 7) is 6.13. The molecule has 1 aliphatic rings. The number of ether oxygens (including phenoxy) is 1. The van der Waals surface area contributed by atoms with Gasteiger partial charge < -0.3 is 21.1 Å². The second-order valence-corrected chi connectivity index (χ2v) is 12.7. The Bertz CT molecular complexity index is 1840. The standard InChI is InChI=1S/C35H38ClN7O4S/c1-20-21(2)48-34-31(20)32(24-9-12-25(36)13-10-24)42-28(33(39)43(34)22(3)38)19-30(45)40-17-15-29(44)41-26-14-11-23(8-6-5-7-16-37)27(18-26)35(46)47-4/h9-14,18,28,38-39H,5,7,15-17,19,37H2,1-4H3,(H,40,45)(H,41,44)/t28-/m0/s1. The maximum atomic E-state index is 13.2. The van der Waals surface area contributed by atoms with Crippen LogP contribution in [0.25, 0.3) is 0 Å². The molecule has 48 heavy (non-hydrogen) atoms. The topological polar surface area (TPSA) is 174 Å². The Kier molecular flexibility index (Phi) is 12.2. The molecule has 4 rings (SSSR count). The van der Waals surface area contributed by atoms with Crippen LogP contribution in [0, 0.1) is 36.5 Å². The Balaban J connectivity index is 1.46. The van der Waals surface area contributed by atoms with Crippen LogP contribution in [0.1, 0.15) is 70.1 Å². The monoisotopic (exact) mass is 687 g/mol. The van der Waals surface area contributed by atoms with E-state index in [0.29, 0.717) is 40.0 Å². The summed E-state index contributed by atoms with van der Waals surface area (Å²) in [5.41, 5.74) is 9.80. The molecule has 250 valence electrons. The number of carbonyl (C=O) groups is 3. The molecule has 1 aromatic heterocycles.